The number of rotatable bonds is 0. The number of hydrogen-bond donors (Lipinski definition) is 1. The Morgan fingerprint density at radius 3 is 2.74 bits per heavy atom. The SMILES string of the molecule is CC(C)(C)OC(=O)N1CC(=O)Nc2ccc(Br)cc21. The summed E-state index contributed by atoms with van der Waals surface area (Å²) in [6.45, 7) is 5.32. The maximum absolute atomic E-state index is 12.1. The molecule has 1 aromatic rings. The highest BCUT2D eigenvalue weighted by molar-refractivity contribution is 9.10. The van der Waals surface area contributed by atoms with Gasteiger partial charge in [0.05, 0.1) is 11.4 Å². The highest BCUT2D eigenvalue weighted by atomic mass is 79.9. The molecule has 0 aliphatic carbocycles. The molecule has 2 amide bonds. The van der Waals surface area contributed by atoms with Gasteiger partial charge in [0.15, 0.2) is 0 Å². The van der Waals surface area contributed by atoms with E-state index >= 15 is 0 Å². The Hall–Kier alpha value is -1.56. The smallest absolute Gasteiger partial charge is 0.415 e. The molecular formula is C13H15BrN2O3. The number of amides is 2. The summed E-state index contributed by atoms with van der Waals surface area (Å²) < 4.78 is 6.14. The summed E-state index contributed by atoms with van der Waals surface area (Å²) >= 11 is 3.35. The Morgan fingerprint density at radius 1 is 1.42 bits per heavy atom. The number of nitrogens with one attached hydrogen (secondary N) is 1. The number of halogens is 1. The number of ether oxygens (including phenoxy) is 1. The Labute approximate surface area is 120 Å². The van der Waals surface area contributed by atoms with E-state index < -0.39 is 11.7 Å². The van der Waals surface area contributed by atoms with Gasteiger partial charge in [0.25, 0.3) is 0 Å². The maximum Gasteiger partial charge on any atom is 0.415 e. The lowest BCUT2D eigenvalue weighted by Gasteiger charge is -2.31. The van der Waals surface area contributed by atoms with E-state index in [1.807, 2.05) is 0 Å². The molecule has 0 aromatic heterocycles. The van der Waals surface area contributed by atoms with Gasteiger partial charge < -0.3 is 10.1 Å². The predicted molar refractivity (Wildman–Crippen MR) is 76.4 cm³/mol. The van der Waals surface area contributed by atoms with Crippen molar-refractivity contribution in [2.45, 2.75) is 26.4 Å². The van der Waals surface area contributed by atoms with Crippen LogP contribution in [0.1, 0.15) is 20.8 Å². The van der Waals surface area contributed by atoms with Crippen LogP contribution in [0.4, 0.5) is 16.2 Å². The molecule has 0 bridgehead atoms. The van der Waals surface area contributed by atoms with E-state index in [0.717, 1.165) is 4.47 Å². The summed E-state index contributed by atoms with van der Waals surface area (Å²) in [6, 6.07) is 5.32. The van der Waals surface area contributed by atoms with Crippen LogP contribution >= 0.6 is 15.9 Å². The molecule has 1 aliphatic heterocycles. The molecule has 1 aromatic carbocycles. The van der Waals surface area contributed by atoms with Crippen LogP contribution in [0.3, 0.4) is 0 Å². The van der Waals surface area contributed by atoms with Gasteiger partial charge >= 0.3 is 6.09 Å². The summed E-state index contributed by atoms with van der Waals surface area (Å²) in [5.74, 6) is -0.235. The molecule has 1 aliphatic rings. The third kappa shape index (κ3) is 3.26. The summed E-state index contributed by atoms with van der Waals surface area (Å²) in [5.41, 5.74) is 0.630. The number of benzene rings is 1. The standard InChI is InChI=1S/C13H15BrN2O3/c1-13(2,3)19-12(18)16-7-11(17)15-9-5-4-8(14)6-10(9)16/h4-6H,7H2,1-3H3,(H,15,17). The molecule has 0 atom stereocenters. The van der Waals surface area contributed by atoms with Crippen LogP contribution in [0.15, 0.2) is 22.7 Å². The molecule has 2 rings (SSSR count). The van der Waals surface area contributed by atoms with E-state index in [-0.39, 0.29) is 12.5 Å². The van der Waals surface area contributed by atoms with Gasteiger partial charge in [-0.1, -0.05) is 15.9 Å². The lowest BCUT2D eigenvalue weighted by molar-refractivity contribution is -0.115. The molecule has 0 unspecified atom stereocenters. The summed E-state index contributed by atoms with van der Waals surface area (Å²) in [6.07, 6.45) is -0.526. The molecule has 0 fully saturated rings. The van der Waals surface area contributed by atoms with Crippen molar-refractivity contribution in [3.05, 3.63) is 22.7 Å². The summed E-state index contributed by atoms with van der Waals surface area (Å²) in [7, 11) is 0. The Bertz CT molecular complexity index is 537. The molecule has 19 heavy (non-hydrogen) atoms. The van der Waals surface area contributed by atoms with Crippen molar-refractivity contribution in [2.75, 3.05) is 16.8 Å². The number of carbonyl (C=O) groups is 2. The zero-order valence-corrected chi connectivity index (χ0v) is 12.6. The average molecular weight is 327 g/mol. The second-order valence-corrected chi connectivity index (χ2v) is 6.19. The van der Waals surface area contributed by atoms with Crippen LogP contribution in [0.5, 0.6) is 0 Å². The van der Waals surface area contributed by atoms with Crippen LogP contribution in [0, 0.1) is 0 Å². The fourth-order valence-corrected chi connectivity index (χ4v) is 2.08. The normalized spacial score (nSPS) is 14.7. The highest BCUT2D eigenvalue weighted by Crippen LogP contribution is 2.33. The van der Waals surface area contributed by atoms with Gasteiger partial charge in [0.1, 0.15) is 12.1 Å². The Morgan fingerprint density at radius 2 is 2.11 bits per heavy atom. The van der Waals surface area contributed by atoms with Crippen molar-refractivity contribution in [3.63, 3.8) is 0 Å². The number of hydrogen-bond acceptors (Lipinski definition) is 3. The van der Waals surface area contributed by atoms with Crippen molar-refractivity contribution in [1.82, 2.24) is 0 Å². The van der Waals surface area contributed by atoms with Gasteiger partial charge in [-0.2, -0.15) is 0 Å². The van der Waals surface area contributed by atoms with Crippen molar-refractivity contribution >= 4 is 39.3 Å². The van der Waals surface area contributed by atoms with Crippen LogP contribution in [0.25, 0.3) is 0 Å². The molecular weight excluding hydrogens is 312 g/mol. The largest absolute Gasteiger partial charge is 0.443 e. The average Bonchev–Trinajstić information content (AvgIpc) is 2.26. The van der Waals surface area contributed by atoms with Crippen molar-refractivity contribution in [3.8, 4) is 0 Å². The fourth-order valence-electron chi connectivity index (χ4n) is 1.73. The molecule has 6 heteroatoms. The van der Waals surface area contributed by atoms with Gasteiger partial charge in [-0.3, -0.25) is 9.69 Å². The molecule has 5 nitrogen and oxygen atoms in total. The molecule has 0 spiro atoms. The molecule has 1 heterocycles. The minimum Gasteiger partial charge on any atom is -0.443 e. The van der Waals surface area contributed by atoms with E-state index in [0.29, 0.717) is 11.4 Å². The zero-order chi connectivity index (χ0) is 14.2. The second-order valence-electron chi connectivity index (χ2n) is 5.28. The lowest BCUT2D eigenvalue weighted by atomic mass is 10.2. The molecule has 1 N–H and O–H groups in total. The number of carbonyl (C=O) groups excluding carboxylic acids is 2. The molecule has 102 valence electrons. The quantitative estimate of drug-likeness (QED) is 0.796. The first kappa shape index (κ1) is 13.9. The lowest BCUT2D eigenvalue weighted by Crippen LogP contribution is -2.44. The van der Waals surface area contributed by atoms with Crippen molar-refractivity contribution in [1.29, 1.82) is 0 Å². The van der Waals surface area contributed by atoms with Gasteiger partial charge in [0.2, 0.25) is 5.91 Å². The van der Waals surface area contributed by atoms with Crippen molar-refractivity contribution < 1.29 is 14.3 Å². The zero-order valence-electron chi connectivity index (χ0n) is 11.0. The van der Waals surface area contributed by atoms with Gasteiger partial charge in [0, 0.05) is 4.47 Å². The Kier molecular flexibility index (Phi) is 3.54. The van der Waals surface area contributed by atoms with Crippen LogP contribution < -0.4 is 10.2 Å². The van der Waals surface area contributed by atoms with E-state index in [1.165, 1.54) is 4.90 Å². The fraction of sp³-hybridized carbons (Fsp3) is 0.385. The minimum atomic E-state index is -0.600. The predicted octanol–water partition coefficient (Wildman–Crippen LogP) is 3.14. The molecule has 0 saturated heterocycles. The van der Waals surface area contributed by atoms with E-state index in [2.05, 4.69) is 21.2 Å². The second kappa shape index (κ2) is 4.85. The van der Waals surface area contributed by atoms with Crippen molar-refractivity contribution in [2.24, 2.45) is 0 Å². The van der Waals surface area contributed by atoms with E-state index in [1.54, 1.807) is 39.0 Å². The first-order chi connectivity index (χ1) is 8.76. The van der Waals surface area contributed by atoms with Crippen LogP contribution in [0.2, 0.25) is 0 Å². The molecule has 0 saturated carbocycles. The maximum atomic E-state index is 12.1. The van der Waals surface area contributed by atoms with E-state index in [9.17, 15) is 9.59 Å². The molecule has 0 radical (unpaired) electrons. The topological polar surface area (TPSA) is 58.6 Å². The van der Waals surface area contributed by atoms with E-state index in [4.69, 9.17) is 4.74 Å². The monoisotopic (exact) mass is 326 g/mol. The number of nitrogens with zero attached hydrogens (tertiary/aromatic N) is 1. The number of anilines is 2. The Balaban J connectivity index is 2.34. The third-order valence-corrected chi connectivity index (χ3v) is 2.93. The van der Waals surface area contributed by atoms with Crippen LogP contribution in [-0.2, 0) is 9.53 Å². The summed E-state index contributed by atoms with van der Waals surface area (Å²) in [5, 5.41) is 2.73. The highest BCUT2D eigenvalue weighted by Gasteiger charge is 2.30. The minimum absolute atomic E-state index is 0.0433. The third-order valence-electron chi connectivity index (χ3n) is 2.44. The van der Waals surface area contributed by atoms with Gasteiger partial charge in [-0.15, -0.1) is 0 Å². The first-order valence-electron chi connectivity index (χ1n) is 5.86. The first-order valence-corrected chi connectivity index (χ1v) is 6.65. The summed E-state index contributed by atoms with van der Waals surface area (Å²) in [4.78, 5) is 25.1. The van der Waals surface area contributed by atoms with Gasteiger partial charge in [-0.05, 0) is 39.0 Å². The van der Waals surface area contributed by atoms with Gasteiger partial charge in [-0.25, -0.2) is 4.79 Å². The number of fused-ring (bicyclic) bond motifs is 1. The van der Waals surface area contributed by atoms with Crippen LogP contribution in [-0.4, -0.2) is 24.1 Å².